The van der Waals surface area contributed by atoms with E-state index in [9.17, 15) is 18.0 Å². The molecular formula is C29H35N3O4S. The number of benzene rings is 3. The molecule has 0 heterocycles. The molecule has 3 aromatic rings. The van der Waals surface area contributed by atoms with E-state index in [0.29, 0.717) is 12.1 Å². The summed E-state index contributed by atoms with van der Waals surface area (Å²) in [6.07, 6.45) is 1.29. The Balaban J connectivity index is 1.93. The molecule has 0 aliphatic rings. The number of amides is 2. The van der Waals surface area contributed by atoms with Crippen LogP contribution in [0, 0.1) is 0 Å². The number of carbonyl (C=O) groups excluding carboxylic acids is 2. The maximum atomic E-state index is 13.8. The van der Waals surface area contributed by atoms with E-state index in [2.05, 4.69) is 5.32 Å². The van der Waals surface area contributed by atoms with Crippen molar-refractivity contribution in [2.24, 2.45) is 0 Å². The first-order valence-electron chi connectivity index (χ1n) is 12.5. The Morgan fingerprint density at radius 1 is 0.838 bits per heavy atom. The van der Waals surface area contributed by atoms with Crippen LogP contribution in [0.2, 0.25) is 0 Å². The predicted octanol–water partition coefficient (Wildman–Crippen LogP) is 4.26. The molecule has 0 unspecified atom stereocenters. The number of nitrogens with one attached hydrogen (secondary N) is 1. The zero-order valence-electron chi connectivity index (χ0n) is 21.6. The van der Waals surface area contributed by atoms with Crippen LogP contribution in [0.15, 0.2) is 95.9 Å². The first-order chi connectivity index (χ1) is 17.7. The van der Waals surface area contributed by atoms with Crippen molar-refractivity contribution in [2.75, 3.05) is 17.4 Å². The van der Waals surface area contributed by atoms with Crippen molar-refractivity contribution in [3.8, 4) is 0 Å². The Labute approximate surface area is 220 Å². The fourth-order valence-corrected chi connectivity index (χ4v) is 5.31. The minimum absolute atomic E-state index is 0.0414. The van der Waals surface area contributed by atoms with E-state index in [-0.39, 0.29) is 23.4 Å². The summed E-state index contributed by atoms with van der Waals surface area (Å²) in [5.74, 6) is -0.723. The summed E-state index contributed by atoms with van der Waals surface area (Å²) in [4.78, 5) is 28.3. The molecule has 2 atom stereocenters. The van der Waals surface area contributed by atoms with Crippen molar-refractivity contribution in [2.45, 2.75) is 50.6 Å². The van der Waals surface area contributed by atoms with Gasteiger partial charge in [-0.1, -0.05) is 73.7 Å². The third-order valence-electron chi connectivity index (χ3n) is 6.31. The molecule has 1 N–H and O–H groups in total. The maximum absolute atomic E-state index is 13.8. The van der Waals surface area contributed by atoms with E-state index in [4.69, 9.17) is 0 Å². The molecule has 0 saturated carbocycles. The largest absolute Gasteiger partial charge is 0.352 e. The first kappa shape index (κ1) is 27.9. The second kappa shape index (κ2) is 13.1. The van der Waals surface area contributed by atoms with Gasteiger partial charge in [-0.2, -0.15) is 0 Å². The fraction of sp³-hybridized carbons (Fsp3) is 0.310. The SMILES string of the molecule is CC[C@@H](C)NC(=O)[C@H](C)N(CCc1ccccc1)C(=O)CN(c1ccccc1)S(=O)(=O)c1ccccc1. The molecule has 0 aliphatic carbocycles. The van der Waals surface area contributed by atoms with E-state index in [1.54, 1.807) is 55.5 Å². The summed E-state index contributed by atoms with van der Waals surface area (Å²) in [7, 11) is -4.03. The molecule has 0 saturated heterocycles. The summed E-state index contributed by atoms with van der Waals surface area (Å²) in [6, 6.07) is 25.4. The lowest BCUT2D eigenvalue weighted by Crippen LogP contribution is -2.53. The second-order valence-corrected chi connectivity index (χ2v) is 10.8. The van der Waals surface area contributed by atoms with Gasteiger partial charge in [0.1, 0.15) is 12.6 Å². The summed E-state index contributed by atoms with van der Waals surface area (Å²) in [5, 5.41) is 2.94. The van der Waals surface area contributed by atoms with Gasteiger partial charge >= 0.3 is 0 Å². The second-order valence-electron chi connectivity index (χ2n) is 8.98. The highest BCUT2D eigenvalue weighted by Crippen LogP contribution is 2.24. The van der Waals surface area contributed by atoms with Gasteiger partial charge in [0.2, 0.25) is 11.8 Å². The molecule has 0 radical (unpaired) electrons. The number of hydrogen-bond donors (Lipinski definition) is 1. The molecule has 0 spiro atoms. The molecule has 37 heavy (non-hydrogen) atoms. The highest BCUT2D eigenvalue weighted by Gasteiger charge is 2.32. The lowest BCUT2D eigenvalue weighted by atomic mass is 10.1. The van der Waals surface area contributed by atoms with E-state index >= 15 is 0 Å². The number of carbonyl (C=O) groups is 2. The number of para-hydroxylation sites is 1. The summed E-state index contributed by atoms with van der Waals surface area (Å²) < 4.78 is 28.4. The molecule has 0 fully saturated rings. The average Bonchev–Trinajstić information content (AvgIpc) is 2.93. The topological polar surface area (TPSA) is 86.8 Å². The van der Waals surface area contributed by atoms with Crippen LogP contribution in [0.1, 0.15) is 32.8 Å². The maximum Gasteiger partial charge on any atom is 0.264 e. The summed E-state index contributed by atoms with van der Waals surface area (Å²) in [5.41, 5.74) is 1.39. The quantitative estimate of drug-likeness (QED) is 0.386. The van der Waals surface area contributed by atoms with Gasteiger partial charge in [-0.05, 0) is 56.5 Å². The molecule has 0 aromatic heterocycles. The van der Waals surface area contributed by atoms with Crippen LogP contribution in [0.5, 0.6) is 0 Å². The summed E-state index contributed by atoms with van der Waals surface area (Å²) >= 11 is 0. The third-order valence-corrected chi connectivity index (χ3v) is 8.09. The van der Waals surface area contributed by atoms with Gasteiger partial charge in [-0.15, -0.1) is 0 Å². The van der Waals surface area contributed by atoms with Crippen molar-refractivity contribution in [3.63, 3.8) is 0 Å². The van der Waals surface area contributed by atoms with Crippen LogP contribution < -0.4 is 9.62 Å². The molecule has 196 valence electrons. The lowest BCUT2D eigenvalue weighted by Gasteiger charge is -2.32. The number of nitrogens with zero attached hydrogens (tertiary/aromatic N) is 2. The Kier molecular flexibility index (Phi) is 9.85. The highest BCUT2D eigenvalue weighted by molar-refractivity contribution is 7.92. The minimum atomic E-state index is -4.03. The van der Waals surface area contributed by atoms with E-state index < -0.39 is 28.5 Å². The molecule has 3 aromatic carbocycles. The van der Waals surface area contributed by atoms with Gasteiger partial charge in [0, 0.05) is 12.6 Å². The number of rotatable bonds is 12. The van der Waals surface area contributed by atoms with Crippen molar-refractivity contribution in [1.29, 1.82) is 0 Å². The van der Waals surface area contributed by atoms with Crippen LogP contribution in [-0.4, -0.2) is 50.3 Å². The van der Waals surface area contributed by atoms with Crippen molar-refractivity contribution < 1.29 is 18.0 Å². The van der Waals surface area contributed by atoms with Gasteiger partial charge in [-0.3, -0.25) is 13.9 Å². The molecule has 8 heteroatoms. The van der Waals surface area contributed by atoms with Crippen LogP contribution in [0.4, 0.5) is 5.69 Å². The zero-order chi connectivity index (χ0) is 26.8. The molecule has 7 nitrogen and oxygen atoms in total. The van der Waals surface area contributed by atoms with Gasteiger partial charge in [0.15, 0.2) is 0 Å². The Bertz CT molecular complexity index is 1250. The molecule has 3 rings (SSSR count). The highest BCUT2D eigenvalue weighted by atomic mass is 32.2. The van der Waals surface area contributed by atoms with E-state index in [1.165, 1.54) is 17.0 Å². The number of hydrogen-bond acceptors (Lipinski definition) is 4. The smallest absolute Gasteiger partial charge is 0.264 e. The monoisotopic (exact) mass is 521 g/mol. The minimum Gasteiger partial charge on any atom is -0.352 e. The predicted molar refractivity (Wildman–Crippen MR) is 147 cm³/mol. The van der Waals surface area contributed by atoms with E-state index in [1.807, 2.05) is 44.2 Å². The average molecular weight is 522 g/mol. The van der Waals surface area contributed by atoms with Gasteiger partial charge in [0.25, 0.3) is 10.0 Å². The molecule has 0 aliphatic heterocycles. The Hall–Kier alpha value is -3.65. The van der Waals surface area contributed by atoms with Crippen molar-refractivity contribution in [3.05, 3.63) is 96.6 Å². The van der Waals surface area contributed by atoms with Crippen LogP contribution >= 0.6 is 0 Å². The molecular weight excluding hydrogens is 486 g/mol. The number of sulfonamides is 1. The van der Waals surface area contributed by atoms with Crippen LogP contribution in [0.3, 0.4) is 0 Å². The fourth-order valence-electron chi connectivity index (χ4n) is 3.88. The Morgan fingerprint density at radius 2 is 1.38 bits per heavy atom. The van der Waals surface area contributed by atoms with E-state index in [0.717, 1.165) is 16.3 Å². The Morgan fingerprint density at radius 3 is 1.95 bits per heavy atom. The van der Waals surface area contributed by atoms with Gasteiger partial charge in [-0.25, -0.2) is 8.42 Å². The normalized spacial score (nSPS) is 12.8. The van der Waals surface area contributed by atoms with Gasteiger partial charge in [0.05, 0.1) is 10.6 Å². The zero-order valence-corrected chi connectivity index (χ0v) is 22.4. The lowest BCUT2D eigenvalue weighted by molar-refractivity contribution is -0.139. The van der Waals surface area contributed by atoms with Gasteiger partial charge < -0.3 is 10.2 Å². The van der Waals surface area contributed by atoms with Crippen molar-refractivity contribution in [1.82, 2.24) is 10.2 Å². The molecule has 0 bridgehead atoms. The first-order valence-corrected chi connectivity index (χ1v) is 13.9. The van der Waals surface area contributed by atoms with Crippen molar-refractivity contribution >= 4 is 27.5 Å². The summed E-state index contributed by atoms with van der Waals surface area (Å²) in [6.45, 7) is 5.40. The third kappa shape index (κ3) is 7.43. The van der Waals surface area contributed by atoms with Crippen LogP contribution in [0.25, 0.3) is 0 Å². The number of anilines is 1. The molecule has 2 amide bonds. The standard InChI is InChI=1S/C29H35N3O4S/c1-4-23(2)30-29(34)24(3)31(21-20-25-14-8-5-9-15-25)28(33)22-32(26-16-10-6-11-17-26)37(35,36)27-18-12-7-13-19-27/h5-19,23-24H,4,20-22H2,1-3H3,(H,30,34)/t23-,24+/m1/s1. The van der Waals surface area contributed by atoms with Crippen LogP contribution in [-0.2, 0) is 26.0 Å².